The molecule has 2 N–H and O–H groups in total. The molecule has 1 aliphatic heterocycles. The Kier molecular flexibility index (Phi) is 3.27. The molecule has 2 rings (SSSR count). The van der Waals surface area contributed by atoms with Crippen LogP contribution in [0.3, 0.4) is 0 Å². The molecule has 0 bridgehead atoms. The number of rotatable bonds is 3. The number of anilines is 1. The summed E-state index contributed by atoms with van der Waals surface area (Å²) in [6.45, 7) is 0. The third kappa shape index (κ3) is 2.32. The number of carbonyl (C=O) groups excluding carboxylic acids is 2. The van der Waals surface area contributed by atoms with Crippen molar-refractivity contribution in [2.75, 3.05) is 12.1 Å². The van der Waals surface area contributed by atoms with Crippen molar-refractivity contribution in [3.05, 3.63) is 24.3 Å². The lowest BCUT2D eigenvalue weighted by molar-refractivity contribution is -0.118. The number of benzene rings is 1. The summed E-state index contributed by atoms with van der Waals surface area (Å²) in [6, 6.07) is 6.84. The molecule has 1 aromatic rings. The van der Waals surface area contributed by atoms with Crippen molar-refractivity contribution in [3.63, 3.8) is 0 Å². The van der Waals surface area contributed by atoms with Gasteiger partial charge in [0.05, 0.1) is 12.8 Å². The van der Waals surface area contributed by atoms with Gasteiger partial charge in [-0.3, -0.25) is 9.59 Å². The van der Waals surface area contributed by atoms with Crippen molar-refractivity contribution in [2.24, 2.45) is 10.8 Å². The summed E-state index contributed by atoms with van der Waals surface area (Å²) in [5.41, 5.74) is 5.97. The standard InChI is InChI=1S/C12H13N3O3/c1-18-9-4-2-8(3-5-9)15-11(16)7-6-10(14-15)12(13)17/h2-5H,6-7H2,1H3,(H2,13,17). The Morgan fingerprint density at radius 2 is 2.00 bits per heavy atom. The maximum atomic E-state index is 11.8. The fourth-order valence-electron chi connectivity index (χ4n) is 1.66. The summed E-state index contributed by atoms with van der Waals surface area (Å²) in [7, 11) is 1.56. The molecular formula is C12H13N3O3. The van der Waals surface area contributed by atoms with E-state index in [4.69, 9.17) is 10.5 Å². The molecule has 1 heterocycles. The van der Waals surface area contributed by atoms with Crippen molar-refractivity contribution in [1.82, 2.24) is 0 Å². The summed E-state index contributed by atoms with van der Waals surface area (Å²) in [5.74, 6) is -0.0755. The summed E-state index contributed by atoms with van der Waals surface area (Å²) in [5, 5.41) is 5.17. The van der Waals surface area contributed by atoms with Crippen LogP contribution in [0.15, 0.2) is 29.4 Å². The maximum Gasteiger partial charge on any atom is 0.264 e. The first kappa shape index (κ1) is 12.1. The van der Waals surface area contributed by atoms with Crippen LogP contribution in [0.2, 0.25) is 0 Å². The van der Waals surface area contributed by atoms with E-state index in [0.717, 1.165) is 0 Å². The van der Waals surface area contributed by atoms with Crippen molar-refractivity contribution in [2.45, 2.75) is 12.8 Å². The average molecular weight is 247 g/mol. The minimum absolute atomic E-state index is 0.162. The number of hydrogen-bond acceptors (Lipinski definition) is 4. The van der Waals surface area contributed by atoms with Gasteiger partial charge in [-0.1, -0.05) is 0 Å². The van der Waals surface area contributed by atoms with Gasteiger partial charge in [-0.2, -0.15) is 5.10 Å². The van der Waals surface area contributed by atoms with E-state index >= 15 is 0 Å². The lowest BCUT2D eigenvalue weighted by Crippen LogP contribution is -2.36. The van der Waals surface area contributed by atoms with Gasteiger partial charge in [-0.25, -0.2) is 5.01 Å². The van der Waals surface area contributed by atoms with E-state index in [2.05, 4.69) is 5.10 Å². The average Bonchev–Trinajstić information content (AvgIpc) is 2.39. The number of carbonyl (C=O) groups is 2. The topological polar surface area (TPSA) is 85.0 Å². The predicted molar refractivity (Wildman–Crippen MR) is 66.3 cm³/mol. The number of primary amides is 1. The van der Waals surface area contributed by atoms with Crippen LogP contribution in [0.25, 0.3) is 0 Å². The predicted octanol–water partition coefficient (Wildman–Crippen LogP) is 0.663. The van der Waals surface area contributed by atoms with Crippen LogP contribution in [-0.2, 0) is 9.59 Å². The van der Waals surface area contributed by atoms with Crippen LogP contribution < -0.4 is 15.5 Å². The molecule has 0 spiro atoms. The first-order chi connectivity index (χ1) is 8.61. The minimum atomic E-state index is -0.596. The van der Waals surface area contributed by atoms with Crippen LogP contribution in [0.4, 0.5) is 5.69 Å². The summed E-state index contributed by atoms with van der Waals surface area (Å²) >= 11 is 0. The summed E-state index contributed by atoms with van der Waals surface area (Å²) < 4.78 is 5.03. The molecule has 1 aromatic carbocycles. The number of amides is 2. The van der Waals surface area contributed by atoms with Crippen molar-refractivity contribution >= 4 is 23.2 Å². The molecule has 0 atom stereocenters. The van der Waals surface area contributed by atoms with Crippen LogP contribution in [0, 0.1) is 0 Å². The Bertz CT molecular complexity index is 508. The summed E-state index contributed by atoms with van der Waals surface area (Å²) in [6.07, 6.45) is 0.522. The number of ether oxygens (including phenoxy) is 1. The Balaban J connectivity index is 2.31. The minimum Gasteiger partial charge on any atom is -0.497 e. The molecule has 6 nitrogen and oxygen atoms in total. The number of hydrazone groups is 1. The van der Waals surface area contributed by atoms with Crippen molar-refractivity contribution < 1.29 is 14.3 Å². The molecule has 0 aliphatic carbocycles. The molecule has 6 heteroatoms. The fraction of sp³-hybridized carbons (Fsp3) is 0.250. The van der Waals surface area contributed by atoms with E-state index in [1.54, 1.807) is 31.4 Å². The van der Waals surface area contributed by atoms with E-state index < -0.39 is 5.91 Å². The van der Waals surface area contributed by atoms with Gasteiger partial charge in [0.2, 0.25) is 5.91 Å². The zero-order chi connectivity index (χ0) is 13.1. The van der Waals surface area contributed by atoms with Gasteiger partial charge in [0.25, 0.3) is 5.91 Å². The highest BCUT2D eigenvalue weighted by atomic mass is 16.5. The molecule has 0 fully saturated rings. The zero-order valence-corrected chi connectivity index (χ0v) is 9.92. The van der Waals surface area contributed by atoms with Gasteiger partial charge in [0.1, 0.15) is 11.5 Å². The Hall–Kier alpha value is -2.37. The van der Waals surface area contributed by atoms with Crippen molar-refractivity contribution in [1.29, 1.82) is 0 Å². The van der Waals surface area contributed by atoms with Gasteiger partial charge >= 0.3 is 0 Å². The normalized spacial score (nSPS) is 15.3. The highest BCUT2D eigenvalue weighted by molar-refractivity contribution is 6.39. The van der Waals surface area contributed by atoms with E-state index in [0.29, 0.717) is 17.9 Å². The monoisotopic (exact) mass is 247 g/mol. The Labute approximate surface area is 104 Å². The van der Waals surface area contributed by atoms with Crippen molar-refractivity contribution in [3.8, 4) is 5.75 Å². The lowest BCUT2D eigenvalue weighted by atomic mass is 10.1. The molecule has 1 aliphatic rings. The van der Waals surface area contributed by atoms with Gasteiger partial charge in [0, 0.05) is 12.8 Å². The quantitative estimate of drug-likeness (QED) is 0.851. The van der Waals surface area contributed by atoms with E-state index in [1.165, 1.54) is 5.01 Å². The van der Waals surface area contributed by atoms with E-state index in [1.807, 2.05) is 0 Å². The third-order valence-corrected chi connectivity index (χ3v) is 2.63. The number of hydrogen-bond donors (Lipinski definition) is 1. The lowest BCUT2D eigenvalue weighted by Gasteiger charge is -2.22. The van der Waals surface area contributed by atoms with Gasteiger partial charge < -0.3 is 10.5 Å². The zero-order valence-electron chi connectivity index (χ0n) is 9.92. The second-order valence-corrected chi connectivity index (χ2v) is 3.81. The molecule has 94 valence electrons. The highest BCUT2D eigenvalue weighted by Crippen LogP contribution is 2.22. The van der Waals surface area contributed by atoms with E-state index in [9.17, 15) is 9.59 Å². The van der Waals surface area contributed by atoms with Gasteiger partial charge in [0.15, 0.2) is 0 Å². The Morgan fingerprint density at radius 1 is 1.33 bits per heavy atom. The smallest absolute Gasteiger partial charge is 0.264 e. The third-order valence-electron chi connectivity index (χ3n) is 2.63. The first-order valence-corrected chi connectivity index (χ1v) is 5.46. The number of nitrogens with zero attached hydrogens (tertiary/aromatic N) is 2. The molecule has 0 saturated heterocycles. The van der Waals surface area contributed by atoms with Crippen LogP contribution in [-0.4, -0.2) is 24.6 Å². The van der Waals surface area contributed by atoms with Gasteiger partial charge in [-0.15, -0.1) is 0 Å². The van der Waals surface area contributed by atoms with Gasteiger partial charge in [-0.05, 0) is 24.3 Å². The largest absolute Gasteiger partial charge is 0.497 e. The second kappa shape index (κ2) is 4.87. The molecule has 0 saturated carbocycles. The van der Waals surface area contributed by atoms with Crippen LogP contribution in [0.5, 0.6) is 5.75 Å². The molecule has 0 aromatic heterocycles. The van der Waals surface area contributed by atoms with Crippen LogP contribution in [0.1, 0.15) is 12.8 Å². The molecular weight excluding hydrogens is 234 g/mol. The number of methoxy groups -OCH3 is 1. The van der Waals surface area contributed by atoms with E-state index in [-0.39, 0.29) is 18.0 Å². The molecule has 0 unspecified atom stereocenters. The van der Waals surface area contributed by atoms with Crippen LogP contribution >= 0.6 is 0 Å². The second-order valence-electron chi connectivity index (χ2n) is 3.81. The fourth-order valence-corrected chi connectivity index (χ4v) is 1.66. The first-order valence-electron chi connectivity index (χ1n) is 5.46. The molecule has 2 amide bonds. The number of nitrogens with two attached hydrogens (primary N) is 1. The molecule has 18 heavy (non-hydrogen) atoms. The Morgan fingerprint density at radius 3 is 2.56 bits per heavy atom. The highest BCUT2D eigenvalue weighted by Gasteiger charge is 2.24. The SMILES string of the molecule is COc1ccc(N2N=C(C(N)=O)CCC2=O)cc1. The molecule has 0 radical (unpaired) electrons. The maximum absolute atomic E-state index is 11.8. The summed E-state index contributed by atoms with van der Waals surface area (Å²) in [4.78, 5) is 22.8.